The van der Waals surface area contributed by atoms with E-state index >= 15 is 0 Å². The molecule has 2 heterocycles. The van der Waals surface area contributed by atoms with Gasteiger partial charge in [0.25, 0.3) is 0 Å². The van der Waals surface area contributed by atoms with Crippen molar-refractivity contribution in [3.8, 4) is 0 Å². The minimum absolute atomic E-state index is 0.0322. The first-order chi connectivity index (χ1) is 9.63. The Hall–Kier alpha value is -2.14. The number of aryl methyl sites for hydroxylation is 1. The van der Waals surface area contributed by atoms with E-state index in [1.165, 1.54) is 0 Å². The van der Waals surface area contributed by atoms with Crippen molar-refractivity contribution < 1.29 is 4.79 Å². The van der Waals surface area contributed by atoms with Crippen molar-refractivity contribution in [2.75, 3.05) is 0 Å². The van der Waals surface area contributed by atoms with Crippen molar-refractivity contribution in [2.24, 2.45) is 7.05 Å². The largest absolute Gasteiger partial charge is 0.294 e. The van der Waals surface area contributed by atoms with Gasteiger partial charge in [-0.15, -0.1) is 12.6 Å². The molecule has 0 fully saturated rings. The smallest absolute Gasteiger partial charge is 0.168 e. The molecule has 2 aromatic heterocycles. The molecule has 0 atom stereocenters. The summed E-state index contributed by atoms with van der Waals surface area (Å²) < 4.78 is 1.69. The number of ketones is 1. The number of fused-ring (bicyclic) bond motifs is 1. The Labute approximate surface area is 121 Å². The maximum Gasteiger partial charge on any atom is 0.168 e. The zero-order chi connectivity index (χ0) is 14.1. The number of hydrogen-bond donors (Lipinski definition) is 1. The lowest BCUT2D eigenvalue weighted by Gasteiger charge is -2.04. The molecule has 0 amide bonds. The van der Waals surface area contributed by atoms with E-state index in [1.54, 1.807) is 16.9 Å². The quantitative estimate of drug-likeness (QED) is 0.594. The van der Waals surface area contributed by atoms with Crippen LogP contribution in [-0.2, 0) is 13.5 Å². The SMILES string of the molecule is Cn1ccc(CC(=O)c2cc(S)c3ncccc3c2)n1. The average Bonchev–Trinajstić information content (AvgIpc) is 2.84. The second kappa shape index (κ2) is 5.09. The molecular weight excluding hydrogens is 270 g/mol. The van der Waals surface area contributed by atoms with Crippen LogP contribution in [0.2, 0.25) is 0 Å². The van der Waals surface area contributed by atoms with Crippen LogP contribution in [0.15, 0.2) is 47.6 Å². The molecule has 1 aromatic carbocycles. The summed E-state index contributed by atoms with van der Waals surface area (Å²) in [6, 6.07) is 9.25. The lowest BCUT2D eigenvalue weighted by Crippen LogP contribution is -2.05. The predicted molar refractivity (Wildman–Crippen MR) is 80.2 cm³/mol. The highest BCUT2D eigenvalue weighted by Gasteiger charge is 2.11. The number of carbonyl (C=O) groups is 1. The van der Waals surface area contributed by atoms with E-state index in [9.17, 15) is 4.79 Å². The zero-order valence-corrected chi connectivity index (χ0v) is 11.8. The fourth-order valence-corrected chi connectivity index (χ4v) is 2.48. The Morgan fingerprint density at radius 1 is 1.35 bits per heavy atom. The summed E-state index contributed by atoms with van der Waals surface area (Å²) in [5.41, 5.74) is 2.22. The molecule has 3 aromatic rings. The molecule has 0 aliphatic rings. The number of Topliss-reactive ketones (excluding diaryl/α,β-unsaturated/α-hetero) is 1. The summed E-state index contributed by atoms with van der Waals surface area (Å²) >= 11 is 4.41. The summed E-state index contributed by atoms with van der Waals surface area (Å²) in [6.07, 6.45) is 3.84. The van der Waals surface area contributed by atoms with E-state index in [1.807, 2.05) is 37.5 Å². The number of pyridine rings is 1. The van der Waals surface area contributed by atoms with Gasteiger partial charge in [0, 0.05) is 35.3 Å². The first kappa shape index (κ1) is 12.9. The number of nitrogens with zero attached hydrogens (tertiary/aromatic N) is 3. The average molecular weight is 283 g/mol. The molecule has 0 aliphatic carbocycles. The highest BCUT2D eigenvalue weighted by atomic mass is 32.1. The van der Waals surface area contributed by atoms with Crippen molar-refractivity contribution in [2.45, 2.75) is 11.3 Å². The first-order valence-electron chi connectivity index (χ1n) is 6.23. The summed E-state index contributed by atoms with van der Waals surface area (Å²) in [5.74, 6) is 0.0322. The van der Waals surface area contributed by atoms with E-state index in [-0.39, 0.29) is 5.78 Å². The fraction of sp³-hybridized carbons (Fsp3) is 0.133. The topological polar surface area (TPSA) is 47.8 Å². The summed E-state index contributed by atoms with van der Waals surface area (Å²) in [7, 11) is 1.83. The fourth-order valence-electron chi connectivity index (χ4n) is 2.16. The summed E-state index contributed by atoms with van der Waals surface area (Å²) in [6.45, 7) is 0. The van der Waals surface area contributed by atoms with Gasteiger partial charge in [-0.2, -0.15) is 5.10 Å². The van der Waals surface area contributed by atoms with Crippen LogP contribution in [-0.4, -0.2) is 20.5 Å². The number of benzene rings is 1. The number of aromatic nitrogens is 3. The van der Waals surface area contributed by atoms with Gasteiger partial charge in [0.05, 0.1) is 17.6 Å². The third kappa shape index (κ3) is 2.44. The van der Waals surface area contributed by atoms with Crippen LogP contribution in [0.1, 0.15) is 16.1 Å². The maximum atomic E-state index is 12.3. The Balaban J connectivity index is 1.95. The van der Waals surface area contributed by atoms with Crippen molar-refractivity contribution in [1.82, 2.24) is 14.8 Å². The third-order valence-corrected chi connectivity index (χ3v) is 3.46. The van der Waals surface area contributed by atoms with Crippen LogP contribution in [0.4, 0.5) is 0 Å². The van der Waals surface area contributed by atoms with E-state index in [0.717, 1.165) is 16.6 Å². The molecule has 0 spiro atoms. The van der Waals surface area contributed by atoms with Gasteiger partial charge in [-0.1, -0.05) is 6.07 Å². The van der Waals surface area contributed by atoms with Crippen LogP contribution in [0.3, 0.4) is 0 Å². The van der Waals surface area contributed by atoms with Gasteiger partial charge in [-0.3, -0.25) is 14.5 Å². The van der Waals surface area contributed by atoms with Gasteiger partial charge < -0.3 is 0 Å². The van der Waals surface area contributed by atoms with Crippen LogP contribution < -0.4 is 0 Å². The molecule has 5 heteroatoms. The highest BCUT2D eigenvalue weighted by molar-refractivity contribution is 7.80. The Kier molecular flexibility index (Phi) is 3.28. The van der Waals surface area contributed by atoms with Crippen LogP contribution in [0.25, 0.3) is 10.9 Å². The molecule has 0 radical (unpaired) electrons. The molecule has 0 saturated heterocycles. The molecule has 20 heavy (non-hydrogen) atoms. The maximum absolute atomic E-state index is 12.3. The monoisotopic (exact) mass is 283 g/mol. The predicted octanol–water partition coefficient (Wildman–Crippen LogP) is 2.68. The Morgan fingerprint density at radius 2 is 2.20 bits per heavy atom. The summed E-state index contributed by atoms with van der Waals surface area (Å²) in [5, 5.41) is 5.15. The first-order valence-corrected chi connectivity index (χ1v) is 6.67. The number of thiol groups is 1. The van der Waals surface area contributed by atoms with Crippen LogP contribution >= 0.6 is 12.6 Å². The molecule has 0 N–H and O–H groups in total. The third-order valence-electron chi connectivity index (χ3n) is 3.12. The lowest BCUT2D eigenvalue weighted by molar-refractivity contribution is 0.0991. The van der Waals surface area contributed by atoms with E-state index < -0.39 is 0 Å². The standard InChI is InChI=1S/C15H13N3OS/c1-18-6-4-12(17-18)9-13(19)11-7-10-3-2-5-16-15(10)14(20)8-11/h2-8,20H,9H2,1H3. The van der Waals surface area contributed by atoms with E-state index in [4.69, 9.17) is 0 Å². The Bertz CT molecular complexity index is 795. The van der Waals surface area contributed by atoms with Gasteiger partial charge in [0.1, 0.15) is 0 Å². The molecule has 0 bridgehead atoms. The molecule has 4 nitrogen and oxygen atoms in total. The number of hydrogen-bond acceptors (Lipinski definition) is 4. The second-order valence-electron chi connectivity index (χ2n) is 4.65. The lowest BCUT2D eigenvalue weighted by atomic mass is 10.0. The molecule has 100 valence electrons. The second-order valence-corrected chi connectivity index (χ2v) is 5.13. The molecule has 0 aliphatic heterocycles. The number of carbonyl (C=O) groups excluding carboxylic acids is 1. The normalized spacial score (nSPS) is 10.9. The van der Waals surface area contributed by atoms with Crippen molar-refractivity contribution >= 4 is 29.3 Å². The van der Waals surface area contributed by atoms with Crippen LogP contribution in [0, 0.1) is 0 Å². The molecular formula is C15H13N3OS. The van der Waals surface area contributed by atoms with Crippen LogP contribution in [0.5, 0.6) is 0 Å². The van der Waals surface area contributed by atoms with Crippen molar-refractivity contribution in [3.63, 3.8) is 0 Å². The van der Waals surface area contributed by atoms with Gasteiger partial charge in [0.15, 0.2) is 5.78 Å². The molecule has 0 unspecified atom stereocenters. The Morgan fingerprint density at radius 3 is 2.95 bits per heavy atom. The van der Waals surface area contributed by atoms with E-state index in [0.29, 0.717) is 16.9 Å². The van der Waals surface area contributed by atoms with Gasteiger partial charge in [-0.05, 0) is 24.3 Å². The molecule has 0 saturated carbocycles. The minimum Gasteiger partial charge on any atom is -0.294 e. The van der Waals surface area contributed by atoms with Gasteiger partial charge >= 0.3 is 0 Å². The summed E-state index contributed by atoms with van der Waals surface area (Å²) in [4.78, 5) is 17.3. The van der Waals surface area contributed by atoms with Crippen molar-refractivity contribution in [3.05, 3.63) is 54.0 Å². The van der Waals surface area contributed by atoms with Gasteiger partial charge in [0.2, 0.25) is 0 Å². The highest BCUT2D eigenvalue weighted by Crippen LogP contribution is 2.22. The molecule has 3 rings (SSSR count). The minimum atomic E-state index is 0.0322. The van der Waals surface area contributed by atoms with E-state index in [2.05, 4.69) is 22.7 Å². The van der Waals surface area contributed by atoms with Gasteiger partial charge in [-0.25, -0.2) is 0 Å². The number of rotatable bonds is 3. The zero-order valence-electron chi connectivity index (χ0n) is 10.9. The van der Waals surface area contributed by atoms with Crippen molar-refractivity contribution in [1.29, 1.82) is 0 Å².